The third-order valence-electron chi connectivity index (χ3n) is 4.29. The number of nitrogens with zero attached hydrogens (tertiary/aromatic N) is 1. The number of nitriles is 1. The smallest absolute Gasteiger partial charge is 0.336 e. The van der Waals surface area contributed by atoms with Crippen molar-refractivity contribution < 1.29 is 15.0 Å². The van der Waals surface area contributed by atoms with Crippen molar-refractivity contribution in [3.8, 4) is 17.2 Å². The zero-order valence-corrected chi connectivity index (χ0v) is 14.5. The zero-order chi connectivity index (χ0) is 18.9. The molecule has 2 aromatic rings. The highest BCUT2D eigenvalue weighted by Gasteiger charge is 2.14. The molecule has 0 heterocycles. The first kappa shape index (κ1) is 19.4. The van der Waals surface area contributed by atoms with E-state index in [4.69, 9.17) is 5.41 Å². The van der Waals surface area contributed by atoms with Gasteiger partial charge in [0.05, 0.1) is 23.3 Å². The average Bonchev–Trinajstić information content (AvgIpc) is 2.65. The topological polar surface area (TPSA) is 105 Å². The van der Waals surface area contributed by atoms with Crippen LogP contribution in [-0.2, 0) is 6.42 Å². The van der Waals surface area contributed by atoms with E-state index in [1.165, 1.54) is 12.3 Å². The van der Waals surface area contributed by atoms with E-state index in [2.05, 4.69) is 6.07 Å². The number of carboxylic acid groups (broad SMARTS) is 1. The van der Waals surface area contributed by atoms with Crippen molar-refractivity contribution in [3.05, 3.63) is 59.2 Å². The van der Waals surface area contributed by atoms with E-state index in [0.29, 0.717) is 36.0 Å². The maximum atomic E-state index is 11.4. The van der Waals surface area contributed by atoms with Gasteiger partial charge in [0.15, 0.2) is 0 Å². The Kier molecular flexibility index (Phi) is 7.07. The number of aliphatic hydroxyl groups is 1. The molecule has 0 aliphatic heterocycles. The first-order chi connectivity index (χ1) is 12.6. The van der Waals surface area contributed by atoms with Gasteiger partial charge < -0.3 is 15.6 Å². The van der Waals surface area contributed by atoms with Gasteiger partial charge in [0, 0.05) is 0 Å². The van der Waals surface area contributed by atoms with Gasteiger partial charge in [0.1, 0.15) is 0 Å². The third-order valence-corrected chi connectivity index (χ3v) is 4.29. The summed E-state index contributed by atoms with van der Waals surface area (Å²) in [4.78, 5) is 11.4. The molecule has 0 amide bonds. The predicted molar refractivity (Wildman–Crippen MR) is 101 cm³/mol. The number of nitrogens with one attached hydrogen (secondary N) is 1. The Bertz CT molecular complexity index is 824. The van der Waals surface area contributed by atoms with Gasteiger partial charge in [-0.05, 0) is 60.7 Å². The molecular weight excluding hydrogens is 328 g/mol. The summed E-state index contributed by atoms with van der Waals surface area (Å²) in [6, 6.07) is 14.1. The van der Waals surface area contributed by atoms with Crippen molar-refractivity contribution >= 4 is 12.2 Å². The van der Waals surface area contributed by atoms with E-state index in [1.807, 2.05) is 0 Å². The molecule has 1 unspecified atom stereocenters. The highest BCUT2D eigenvalue weighted by molar-refractivity contribution is 5.96. The average molecular weight is 350 g/mol. The molecule has 5 heteroatoms. The Morgan fingerprint density at radius 3 is 2.69 bits per heavy atom. The predicted octanol–water partition coefficient (Wildman–Crippen LogP) is 4.04. The zero-order valence-electron chi connectivity index (χ0n) is 14.5. The SMILES string of the molecule is N#Cc1cc(-c2ccccc2C(=O)O)ccc1CC(O)CCCCC=N. The number of carboxylic acids is 1. The Labute approximate surface area is 153 Å². The van der Waals surface area contributed by atoms with Gasteiger partial charge >= 0.3 is 5.97 Å². The van der Waals surface area contributed by atoms with Crippen LogP contribution < -0.4 is 0 Å². The van der Waals surface area contributed by atoms with Gasteiger partial charge in [-0.15, -0.1) is 0 Å². The van der Waals surface area contributed by atoms with Crippen molar-refractivity contribution in [2.24, 2.45) is 0 Å². The van der Waals surface area contributed by atoms with Crippen LogP contribution in [0.15, 0.2) is 42.5 Å². The standard InChI is InChI=1S/C21H22N2O3/c22-11-5-1-2-6-18(24)13-15-9-10-16(12-17(15)14-23)19-7-3-4-8-20(19)21(25)26/h3-4,7-12,18,22,24H,1-2,5-6,13H2,(H,25,26). The first-order valence-corrected chi connectivity index (χ1v) is 8.59. The van der Waals surface area contributed by atoms with Crippen LogP contribution in [0.5, 0.6) is 0 Å². The lowest BCUT2D eigenvalue weighted by Gasteiger charge is -2.13. The number of hydrogen-bond acceptors (Lipinski definition) is 4. The lowest BCUT2D eigenvalue weighted by atomic mass is 9.93. The quantitative estimate of drug-likeness (QED) is 0.469. The van der Waals surface area contributed by atoms with Crippen LogP contribution in [0.4, 0.5) is 0 Å². The molecular formula is C21H22N2O3. The van der Waals surface area contributed by atoms with Crippen molar-refractivity contribution in [1.29, 1.82) is 10.7 Å². The van der Waals surface area contributed by atoms with E-state index in [0.717, 1.165) is 18.4 Å². The summed E-state index contributed by atoms with van der Waals surface area (Å²) in [6.07, 6.45) is 4.27. The number of benzene rings is 2. The summed E-state index contributed by atoms with van der Waals surface area (Å²) in [6.45, 7) is 0. The van der Waals surface area contributed by atoms with Crippen molar-refractivity contribution in [2.45, 2.75) is 38.2 Å². The molecule has 5 nitrogen and oxygen atoms in total. The fourth-order valence-electron chi connectivity index (χ4n) is 2.93. The summed E-state index contributed by atoms with van der Waals surface area (Å²) >= 11 is 0. The van der Waals surface area contributed by atoms with E-state index >= 15 is 0 Å². The number of unbranched alkanes of at least 4 members (excludes halogenated alkanes) is 2. The minimum atomic E-state index is -1.01. The monoisotopic (exact) mass is 350 g/mol. The van der Waals surface area contributed by atoms with Gasteiger partial charge in [-0.3, -0.25) is 0 Å². The number of aliphatic hydroxyl groups excluding tert-OH is 1. The molecule has 2 aromatic carbocycles. The minimum absolute atomic E-state index is 0.190. The van der Waals surface area contributed by atoms with Gasteiger partial charge in [0.2, 0.25) is 0 Å². The Balaban J connectivity index is 2.19. The Hall–Kier alpha value is -2.97. The normalized spacial score (nSPS) is 11.5. The van der Waals surface area contributed by atoms with Crippen LogP contribution in [-0.4, -0.2) is 28.5 Å². The van der Waals surface area contributed by atoms with Gasteiger partial charge in [-0.25, -0.2) is 4.79 Å². The van der Waals surface area contributed by atoms with Crippen LogP contribution in [0.25, 0.3) is 11.1 Å². The number of aromatic carboxylic acids is 1. The maximum Gasteiger partial charge on any atom is 0.336 e. The molecule has 0 saturated heterocycles. The lowest BCUT2D eigenvalue weighted by molar-refractivity contribution is 0.0697. The summed E-state index contributed by atoms with van der Waals surface area (Å²) in [5.41, 5.74) is 2.62. The highest BCUT2D eigenvalue weighted by Crippen LogP contribution is 2.27. The number of rotatable bonds is 9. The fraction of sp³-hybridized carbons (Fsp3) is 0.286. The van der Waals surface area contributed by atoms with Crippen LogP contribution >= 0.6 is 0 Å². The molecule has 0 aliphatic carbocycles. The molecule has 0 radical (unpaired) electrons. The Morgan fingerprint density at radius 2 is 2.00 bits per heavy atom. The summed E-state index contributed by atoms with van der Waals surface area (Å²) < 4.78 is 0. The molecule has 0 bridgehead atoms. The molecule has 0 aromatic heterocycles. The van der Waals surface area contributed by atoms with Crippen molar-refractivity contribution in [3.63, 3.8) is 0 Å². The largest absolute Gasteiger partial charge is 0.478 e. The molecule has 1 atom stereocenters. The van der Waals surface area contributed by atoms with Crippen LogP contribution in [0.2, 0.25) is 0 Å². The lowest BCUT2D eigenvalue weighted by Crippen LogP contribution is -2.11. The second kappa shape index (κ2) is 9.50. The highest BCUT2D eigenvalue weighted by atomic mass is 16.4. The molecule has 0 fully saturated rings. The molecule has 2 rings (SSSR count). The molecule has 0 spiro atoms. The molecule has 134 valence electrons. The van der Waals surface area contributed by atoms with Crippen molar-refractivity contribution in [1.82, 2.24) is 0 Å². The van der Waals surface area contributed by atoms with E-state index in [1.54, 1.807) is 36.4 Å². The minimum Gasteiger partial charge on any atom is -0.478 e. The Morgan fingerprint density at radius 1 is 1.23 bits per heavy atom. The van der Waals surface area contributed by atoms with Crippen LogP contribution in [0, 0.1) is 16.7 Å². The van der Waals surface area contributed by atoms with Gasteiger partial charge in [-0.1, -0.05) is 36.8 Å². The van der Waals surface area contributed by atoms with Crippen LogP contribution in [0.3, 0.4) is 0 Å². The third kappa shape index (κ3) is 5.01. The summed E-state index contributed by atoms with van der Waals surface area (Å²) in [7, 11) is 0. The molecule has 0 aliphatic rings. The van der Waals surface area contributed by atoms with Crippen molar-refractivity contribution in [2.75, 3.05) is 0 Å². The number of hydrogen-bond donors (Lipinski definition) is 3. The van der Waals surface area contributed by atoms with E-state index in [9.17, 15) is 20.3 Å². The van der Waals surface area contributed by atoms with E-state index < -0.39 is 12.1 Å². The fourth-order valence-corrected chi connectivity index (χ4v) is 2.93. The molecule has 3 N–H and O–H groups in total. The maximum absolute atomic E-state index is 11.4. The summed E-state index contributed by atoms with van der Waals surface area (Å²) in [5.74, 6) is -1.01. The molecule has 0 saturated carbocycles. The van der Waals surface area contributed by atoms with E-state index in [-0.39, 0.29) is 5.56 Å². The first-order valence-electron chi connectivity index (χ1n) is 8.59. The molecule has 26 heavy (non-hydrogen) atoms. The second-order valence-corrected chi connectivity index (χ2v) is 6.18. The summed E-state index contributed by atoms with van der Waals surface area (Å²) in [5, 5.41) is 36.0. The number of carbonyl (C=O) groups is 1. The van der Waals surface area contributed by atoms with Crippen LogP contribution in [0.1, 0.15) is 47.2 Å². The second-order valence-electron chi connectivity index (χ2n) is 6.18. The van der Waals surface area contributed by atoms with Gasteiger partial charge in [0.25, 0.3) is 0 Å². The van der Waals surface area contributed by atoms with Gasteiger partial charge in [-0.2, -0.15) is 5.26 Å².